The Bertz CT molecular complexity index is 460. The van der Waals surface area contributed by atoms with Gasteiger partial charge in [-0.1, -0.05) is 63.3 Å². The second-order valence-electron chi connectivity index (χ2n) is 7.25. The molecule has 0 aromatic heterocycles. The van der Waals surface area contributed by atoms with Gasteiger partial charge >= 0.3 is 0 Å². The molecule has 0 aromatic carbocycles. The second kappa shape index (κ2) is 16.5. The van der Waals surface area contributed by atoms with Crippen LogP contribution in [0.5, 0.6) is 0 Å². The molecule has 5 heteroatoms. The molecule has 1 atom stereocenters. The molecule has 1 aliphatic rings. The van der Waals surface area contributed by atoms with Crippen molar-refractivity contribution in [1.82, 2.24) is 10.8 Å². The Balaban J connectivity index is 1.82. The summed E-state index contributed by atoms with van der Waals surface area (Å²) in [7, 11) is 0. The van der Waals surface area contributed by atoms with Gasteiger partial charge in [-0.2, -0.15) is 0 Å². The number of carbonyl (C=O) groups excluding carboxylic acids is 2. The van der Waals surface area contributed by atoms with Crippen LogP contribution in [0, 0.1) is 0 Å². The zero-order valence-corrected chi connectivity index (χ0v) is 17.0. The summed E-state index contributed by atoms with van der Waals surface area (Å²) >= 11 is 0. The number of unbranched alkanes of at least 4 members (excludes halogenated alkanes) is 8. The molecule has 2 N–H and O–H groups in total. The fourth-order valence-electron chi connectivity index (χ4n) is 2.97. The average Bonchev–Trinajstić information content (AvgIpc) is 3.08. The highest BCUT2D eigenvalue weighted by molar-refractivity contribution is 5.78. The predicted octanol–water partition coefficient (Wildman–Crippen LogP) is 4.74. The van der Waals surface area contributed by atoms with Crippen molar-refractivity contribution in [1.29, 1.82) is 0 Å². The largest absolute Gasteiger partial charge is 0.353 e. The van der Waals surface area contributed by atoms with Gasteiger partial charge in [-0.15, -0.1) is 0 Å². The molecule has 0 spiro atoms. The Kier molecular flexibility index (Phi) is 14.4. The Morgan fingerprint density at radius 1 is 1.04 bits per heavy atom. The minimum absolute atomic E-state index is 0.0450. The molecule has 154 valence electrons. The summed E-state index contributed by atoms with van der Waals surface area (Å²) in [4.78, 5) is 27.7. The predicted molar refractivity (Wildman–Crippen MR) is 110 cm³/mol. The molecule has 27 heavy (non-hydrogen) atoms. The molecule has 0 aliphatic carbocycles. The van der Waals surface area contributed by atoms with Crippen LogP contribution >= 0.6 is 0 Å². The first-order valence-electron chi connectivity index (χ1n) is 10.7. The van der Waals surface area contributed by atoms with Crippen LogP contribution in [0.25, 0.3) is 0 Å². The van der Waals surface area contributed by atoms with Gasteiger partial charge < -0.3 is 5.32 Å². The first-order valence-corrected chi connectivity index (χ1v) is 10.7. The highest BCUT2D eigenvalue weighted by Crippen LogP contribution is 2.08. The van der Waals surface area contributed by atoms with Crippen LogP contribution in [0.15, 0.2) is 24.3 Å². The van der Waals surface area contributed by atoms with Crippen molar-refractivity contribution in [2.24, 2.45) is 0 Å². The lowest BCUT2D eigenvalue weighted by Crippen LogP contribution is -2.32. The van der Waals surface area contributed by atoms with Gasteiger partial charge in [0.1, 0.15) is 6.10 Å². The van der Waals surface area contributed by atoms with Gasteiger partial charge in [-0.05, 0) is 38.5 Å². The second-order valence-corrected chi connectivity index (χ2v) is 7.25. The molecule has 1 fully saturated rings. The molecule has 0 saturated carbocycles. The first kappa shape index (κ1) is 23.4. The van der Waals surface area contributed by atoms with Crippen LogP contribution in [0.4, 0.5) is 0 Å². The number of hydrogen-bond acceptors (Lipinski definition) is 3. The Morgan fingerprint density at radius 2 is 1.70 bits per heavy atom. The lowest BCUT2D eigenvalue weighted by atomic mass is 10.1. The molecule has 1 unspecified atom stereocenters. The highest BCUT2D eigenvalue weighted by atomic mass is 16.7. The van der Waals surface area contributed by atoms with Crippen molar-refractivity contribution in [2.45, 2.75) is 96.5 Å². The lowest BCUT2D eigenvalue weighted by Gasteiger charge is -2.08. The maximum absolute atomic E-state index is 11.7. The van der Waals surface area contributed by atoms with Gasteiger partial charge in [0, 0.05) is 13.0 Å². The van der Waals surface area contributed by atoms with Gasteiger partial charge in [-0.3, -0.25) is 14.4 Å². The summed E-state index contributed by atoms with van der Waals surface area (Å²) in [5.74, 6) is -0.0772. The van der Waals surface area contributed by atoms with Gasteiger partial charge in [0.15, 0.2) is 0 Å². The van der Waals surface area contributed by atoms with Crippen molar-refractivity contribution in [3.05, 3.63) is 24.3 Å². The maximum Gasteiger partial charge on any atom is 0.246 e. The topological polar surface area (TPSA) is 67.4 Å². The Hall–Kier alpha value is -1.62. The van der Waals surface area contributed by atoms with Crippen molar-refractivity contribution < 1.29 is 14.4 Å². The van der Waals surface area contributed by atoms with E-state index in [0.717, 1.165) is 25.7 Å². The van der Waals surface area contributed by atoms with Crippen LogP contribution in [0.2, 0.25) is 0 Å². The molecule has 5 nitrogen and oxygen atoms in total. The number of carbonyl (C=O) groups is 2. The molecule has 1 aliphatic heterocycles. The lowest BCUT2D eigenvalue weighted by molar-refractivity contribution is -0.124. The number of allylic oxidation sites excluding steroid dienone is 4. The fraction of sp³-hybridized carbons (Fsp3) is 0.727. The summed E-state index contributed by atoms with van der Waals surface area (Å²) in [5, 5.41) is 2.82. The molecule has 1 saturated heterocycles. The smallest absolute Gasteiger partial charge is 0.246 e. The van der Waals surface area contributed by atoms with Gasteiger partial charge in [0.25, 0.3) is 0 Å². The summed E-state index contributed by atoms with van der Waals surface area (Å²) in [6.45, 7) is 2.64. The standard InChI is InChI=1S/C22H38N2O3/c1-2-3-4-5-6-7-8-9-10-11-12-13-14-15-16-17-21(25)23-19-20-18-22(26)24-27-20/h6-7,9-10,20H,2-5,8,11-19H2,1H3,(H,23,25)(H,24,26)/b7-6+,10-9+. The van der Waals surface area contributed by atoms with Crippen LogP contribution in [0.3, 0.4) is 0 Å². The van der Waals surface area contributed by atoms with E-state index in [2.05, 4.69) is 42.0 Å². The van der Waals surface area contributed by atoms with Crippen LogP contribution in [-0.4, -0.2) is 24.5 Å². The van der Waals surface area contributed by atoms with Crippen molar-refractivity contribution in [2.75, 3.05) is 6.54 Å². The minimum atomic E-state index is -0.231. The molecule has 2 amide bonds. The number of amides is 2. The van der Waals surface area contributed by atoms with E-state index in [-0.39, 0.29) is 17.9 Å². The zero-order chi connectivity index (χ0) is 19.6. The number of rotatable bonds is 16. The molecule has 0 bridgehead atoms. The molecule has 1 heterocycles. The third kappa shape index (κ3) is 14.1. The zero-order valence-electron chi connectivity index (χ0n) is 17.0. The SMILES string of the molecule is CCCCC/C=C/C/C=C/CCCCCCCC(=O)NCC1CC(=O)NO1. The first-order chi connectivity index (χ1) is 13.2. The van der Waals surface area contributed by atoms with Crippen LogP contribution in [0.1, 0.15) is 90.4 Å². The summed E-state index contributed by atoms with van der Waals surface area (Å²) in [6, 6.07) is 0. The van der Waals surface area contributed by atoms with Crippen LogP contribution in [-0.2, 0) is 14.4 Å². The van der Waals surface area contributed by atoms with Gasteiger partial charge in [0.05, 0.1) is 6.42 Å². The fourth-order valence-corrected chi connectivity index (χ4v) is 2.97. The van der Waals surface area contributed by atoms with Crippen LogP contribution < -0.4 is 10.8 Å². The number of hydrogen-bond donors (Lipinski definition) is 2. The minimum Gasteiger partial charge on any atom is -0.353 e. The summed E-state index contributed by atoms with van der Waals surface area (Å²) in [6.07, 6.45) is 22.8. The quantitative estimate of drug-likeness (QED) is 0.301. The maximum atomic E-state index is 11.7. The monoisotopic (exact) mass is 378 g/mol. The van der Waals surface area contributed by atoms with Crippen molar-refractivity contribution in [3.63, 3.8) is 0 Å². The molecule has 0 aromatic rings. The normalized spacial score (nSPS) is 17.1. The van der Waals surface area contributed by atoms with E-state index in [4.69, 9.17) is 4.84 Å². The molecule has 1 rings (SSSR count). The third-order valence-electron chi connectivity index (χ3n) is 4.63. The highest BCUT2D eigenvalue weighted by Gasteiger charge is 2.22. The number of nitrogens with one attached hydrogen (secondary N) is 2. The number of hydroxylamine groups is 1. The van der Waals surface area contributed by atoms with Crippen molar-refractivity contribution in [3.8, 4) is 0 Å². The van der Waals surface area contributed by atoms with E-state index < -0.39 is 0 Å². The van der Waals surface area contributed by atoms with Gasteiger partial charge in [-0.25, -0.2) is 5.48 Å². The van der Waals surface area contributed by atoms with E-state index >= 15 is 0 Å². The molecular weight excluding hydrogens is 340 g/mol. The Morgan fingerprint density at radius 3 is 2.37 bits per heavy atom. The van der Waals surface area contributed by atoms with Crippen molar-refractivity contribution >= 4 is 11.8 Å². The molecular formula is C22H38N2O3. The van der Waals surface area contributed by atoms with Gasteiger partial charge in [0.2, 0.25) is 11.8 Å². The van der Waals surface area contributed by atoms with E-state index in [1.165, 1.54) is 44.9 Å². The average molecular weight is 379 g/mol. The van der Waals surface area contributed by atoms with E-state index in [9.17, 15) is 9.59 Å². The van der Waals surface area contributed by atoms with E-state index in [1.807, 2.05) is 0 Å². The summed E-state index contributed by atoms with van der Waals surface area (Å²) < 4.78 is 0. The van der Waals surface area contributed by atoms with E-state index in [1.54, 1.807) is 0 Å². The van der Waals surface area contributed by atoms with E-state index in [0.29, 0.717) is 19.4 Å². The Labute approximate surface area is 165 Å². The molecule has 0 radical (unpaired) electrons. The third-order valence-corrected chi connectivity index (χ3v) is 4.63. The summed E-state index contributed by atoms with van der Waals surface area (Å²) in [5.41, 5.74) is 2.29.